The summed E-state index contributed by atoms with van der Waals surface area (Å²) in [5, 5.41) is 5.98. The molecule has 0 bridgehead atoms. The third kappa shape index (κ3) is 4.56. The summed E-state index contributed by atoms with van der Waals surface area (Å²) in [5.41, 5.74) is 0.841. The van der Waals surface area contributed by atoms with E-state index in [4.69, 9.17) is 4.74 Å². The van der Waals surface area contributed by atoms with Crippen LogP contribution in [0, 0.1) is 0 Å². The molecule has 0 spiro atoms. The van der Waals surface area contributed by atoms with E-state index >= 15 is 0 Å². The Balaban J connectivity index is 2.55. The predicted molar refractivity (Wildman–Crippen MR) is 77.1 cm³/mol. The van der Waals surface area contributed by atoms with E-state index in [1.54, 1.807) is 7.11 Å². The van der Waals surface area contributed by atoms with E-state index in [-0.39, 0.29) is 18.5 Å². The van der Waals surface area contributed by atoms with Gasteiger partial charge in [0, 0.05) is 16.6 Å². The Kier molecular flexibility index (Phi) is 5.98. The van der Waals surface area contributed by atoms with Crippen LogP contribution in [-0.4, -0.2) is 25.6 Å². The molecule has 0 aromatic heterocycles. The zero-order valence-electron chi connectivity index (χ0n) is 10.9. The largest absolute Gasteiger partial charge is 0.497 e. The Hall–Kier alpha value is -1.23. The van der Waals surface area contributed by atoms with Gasteiger partial charge in [-0.05, 0) is 41.4 Å². The van der Waals surface area contributed by atoms with Gasteiger partial charge in [-0.25, -0.2) is 0 Å². The number of rotatable bonds is 6. The lowest BCUT2D eigenvalue weighted by Crippen LogP contribution is -2.36. The fraction of sp³-hybridized carbons (Fsp3) is 0.462. The molecule has 0 aliphatic carbocycles. The first-order chi connectivity index (χ1) is 8.56. The van der Waals surface area contributed by atoms with Crippen LogP contribution in [0.4, 0.5) is 5.69 Å². The van der Waals surface area contributed by atoms with E-state index in [9.17, 15) is 4.79 Å². The summed E-state index contributed by atoms with van der Waals surface area (Å²) in [6.07, 6.45) is 0.925. The van der Waals surface area contributed by atoms with Crippen LogP contribution in [0.5, 0.6) is 5.75 Å². The second-order valence-electron chi connectivity index (χ2n) is 4.08. The van der Waals surface area contributed by atoms with Crippen LogP contribution in [0.25, 0.3) is 0 Å². The van der Waals surface area contributed by atoms with Gasteiger partial charge in [-0.15, -0.1) is 0 Å². The van der Waals surface area contributed by atoms with E-state index in [2.05, 4.69) is 26.6 Å². The second-order valence-corrected chi connectivity index (χ2v) is 4.93. The standard InChI is InChI=1S/C13H19BrN2O2/c1-4-9(2)16-13(17)8-15-12-7-10(18-3)5-6-11(12)14/h5-7,9,15H,4,8H2,1-3H3,(H,16,17). The van der Waals surface area contributed by atoms with Crippen LogP contribution in [0.15, 0.2) is 22.7 Å². The maximum atomic E-state index is 11.6. The summed E-state index contributed by atoms with van der Waals surface area (Å²) in [6.45, 7) is 4.27. The lowest BCUT2D eigenvalue weighted by molar-refractivity contribution is -0.120. The molecule has 4 nitrogen and oxygen atoms in total. The average molecular weight is 315 g/mol. The van der Waals surface area contributed by atoms with Crippen LogP contribution >= 0.6 is 15.9 Å². The molecule has 1 amide bonds. The summed E-state index contributed by atoms with van der Waals surface area (Å²) in [6, 6.07) is 5.79. The summed E-state index contributed by atoms with van der Waals surface area (Å²) in [4.78, 5) is 11.6. The molecule has 0 fully saturated rings. The van der Waals surface area contributed by atoms with Crippen molar-refractivity contribution in [1.29, 1.82) is 0 Å². The molecule has 100 valence electrons. The maximum Gasteiger partial charge on any atom is 0.239 e. The van der Waals surface area contributed by atoms with Gasteiger partial charge < -0.3 is 15.4 Å². The number of halogens is 1. The SMILES string of the molecule is CCC(C)NC(=O)CNc1cc(OC)ccc1Br. The molecule has 2 N–H and O–H groups in total. The predicted octanol–water partition coefficient (Wildman–Crippen LogP) is 2.78. The van der Waals surface area contributed by atoms with Gasteiger partial charge in [0.1, 0.15) is 5.75 Å². The van der Waals surface area contributed by atoms with Crippen molar-refractivity contribution in [2.45, 2.75) is 26.3 Å². The number of methoxy groups -OCH3 is 1. The first-order valence-corrected chi connectivity index (χ1v) is 6.72. The minimum absolute atomic E-state index is 0.0148. The van der Waals surface area contributed by atoms with Crippen molar-refractivity contribution in [3.63, 3.8) is 0 Å². The van der Waals surface area contributed by atoms with Crippen molar-refractivity contribution in [3.05, 3.63) is 22.7 Å². The van der Waals surface area contributed by atoms with E-state index in [0.717, 1.165) is 22.3 Å². The highest BCUT2D eigenvalue weighted by Crippen LogP contribution is 2.26. The quantitative estimate of drug-likeness (QED) is 0.849. The minimum atomic E-state index is -0.0148. The average Bonchev–Trinajstić information content (AvgIpc) is 2.37. The Morgan fingerprint density at radius 1 is 1.50 bits per heavy atom. The highest BCUT2D eigenvalue weighted by Gasteiger charge is 2.07. The van der Waals surface area contributed by atoms with Crippen LogP contribution in [0.3, 0.4) is 0 Å². The zero-order valence-corrected chi connectivity index (χ0v) is 12.5. The summed E-state index contributed by atoms with van der Waals surface area (Å²) < 4.78 is 6.04. The lowest BCUT2D eigenvalue weighted by atomic mass is 10.2. The third-order valence-corrected chi connectivity index (χ3v) is 3.32. The minimum Gasteiger partial charge on any atom is -0.497 e. The molecular weight excluding hydrogens is 296 g/mol. The van der Waals surface area contributed by atoms with Gasteiger partial charge in [-0.3, -0.25) is 4.79 Å². The summed E-state index contributed by atoms with van der Waals surface area (Å²) in [5.74, 6) is 0.738. The highest BCUT2D eigenvalue weighted by atomic mass is 79.9. The van der Waals surface area contributed by atoms with Gasteiger partial charge in [0.05, 0.1) is 19.3 Å². The van der Waals surface area contributed by atoms with Crippen molar-refractivity contribution in [3.8, 4) is 5.75 Å². The molecule has 0 aliphatic heterocycles. The van der Waals surface area contributed by atoms with E-state index in [1.807, 2.05) is 32.0 Å². The fourth-order valence-corrected chi connectivity index (χ4v) is 1.76. The first kappa shape index (κ1) is 14.8. The second kappa shape index (κ2) is 7.26. The van der Waals surface area contributed by atoms with Crippen LogP contribution in [0.1, 0.15) is 20.3 Å². The van der Waals surface area contributed by atoms with Crippen LogP contribution < -0.4 is 15.4 Å². The van der Waals surface area contributed by atoms with Gasteiger partial charge in [0.15, 0.2) is 0 Å². The number of hydrogen-bond donors (Lipinski definition) is 2. The molecule has 18 heavy (non-hydrogen) atoms. The fourth-order valence-electron chi connectivity index (χ4n) is 1.37. The molecule has 0 radical (unpaired) electrons. The zero-order chi connectivity index (χ0) is 13.5. The Bertz CT molecular complexity index is 410. The van der Waals surface area contributed by atoms with Gasteiger partial charge in [-0.1, -0.05) is 6.92 Å². The number of hydrogen-bond acceptors (Lipinski definition) is 3. The Labute approximate surface area is 116 Å². The molecular formula is C13H19BrN2O2. The molecule has 1 atom stereocenters. The number of carbonyl (C=O) groups is 1. The van der Waals surface area contributed by atoms with Crippen molar-refractivity contribution in [2.75, 3.05) is 19.0 Å². The van der Waals surface area contributed by atoms with Crippen LogP contribution in [-0.2, 0) is 4.79 Å². The number of anilines is 1. The number of ether oxygens (including phenoxy) is 1. The normalized spacial score (nSPS) is 11.8. The molecule has 1 aromatic carbocycles. The monoisotopic (exact) mass is 314 g/mol. The topological polar surface area (TPSA) is 50.4 Å². The van der Waals surface area contributed by atoms with E-state index in [0.29, 0.717) is 0 Å². The maximum absolute atomic E-state index is 11.6. The number of benzene rings is 1. The third-order valence-electron chi connectivity index (χ3n) is 2.63. The number of nitrogens with one attached hydrogen (secondary N) is 2. The van der Waals surface area contributed by atoms with Crippen molar-refractivity contribution < 1.29 is 9.53 Å². The van der Waals surface area contributed by atoms with Crippen molar-refractivity contribution in [1.82, 2.24) is 5.32 Å². The molecule has 5 heteroatoms. The van der Waals surface area contributed by atoms with Crippen molar-refractivity contribution >= 4 is 27.5 Å². The van der Waals surface area contributed by atoms with Gasteiger partial charge in [0.25, 0.3) is 0 Å². The molecule has 1 rings (SSSR count). The molecule has 0 saturated heterocycles. The Morgan fingerprint density at radius 3 is 2.83 bits per heavy atom. The molecule has 0 aliphatic rings. The first-order valence-electron chi connectivity index (χ1n) is 5.93. The van der Waals surface area contributed by atoms with Crippen LogP contribution in [0.2, 0.25) is 0 Å². The van der Waals surface area contributed by atoms with Gasteiger partial charge in [-0.2, -0.15) is 0 Å². The van der Waals surface area contributed by atoms with Gasteiger partial charge in [0.2, 0.25) is 5.91 Å². The van der Waals surface area contributed by atoms with E-state index in [1.165, 1.54) is 0 Å². The number of carbonyl (C=O) groups excluding carboxylic acids is 1. The van der Waals surface area contributed by atoms with Crippen molar-refractivity contribution in [2.24, 2.45) is 0 Å². The van der Waals surface area contributed by atoms with Gasteiger partial charge >= 0.3 is 0 Å². The van der Waals surface area contributed by atoms with E-state index < -0.39 is 0 Å². The molecule has 1 unspecified atom stereocenters. The Morgan fingerprint density at radius 2 is 2.22 bits per heavy atom. The smallest absolute Gasteiger partial charge is 0.239 e. The molecule has 0 heterocycles. The molecule has 1 aromatic rings. The number of amides is 1. The lowest BCUT2D eigenvalue weighted by Gasteiger charge is -2.13. The molecule has 0 saturated carbocycles. The highest BCUT2D eigenvalue weighted by molar-refractivity contribution is 9.10. The summed E-state index contributed by atoms with van der Waals surface area (Å²) >= 11 is 3.42. The summed E-state index contributed by atoms with van der Waals surface area (Å²) in [7, 11) is 1.61.